The Morgan fingerprint density at radius 1 is 1.42 bits per heavy atom. The fourth-order valence-electron chi connectivity index (χ4n) is 2.58. The van der Waals surface area contributed by atoms with Crippen LogP contribution in [0.1, 0.15) is 51.6 Å². The van der Waals surface area contributed by atoms with Gasteiger partial charge in [-0.25, -0.2) is 0 Å². The molecule has 0 saturated carbocycles. The lowest BCUT2D eigenvalue weighted by Crippen LogP contribution is -2.41. The second kappa shape index (κ2) is 5.83. The standard InChI is InChI=1S/C16H25NO2/c1-5-9-17-14-11-16(3,6-2)19-15-10-12(18-4)7-8-13(14)15/h7-8,10,14,17H,5-6,9,11H2,1-4H3. The summed E-state index contributed by atoms with van der Waals surface area (Å²) in [6.07, 6.45) is 3.17. The number of hydrogen-bond donors (Lipinski definition) is 1. The SMILES string of the molecule is CCCNC1CC(C)(CC)Oc2cc(OC)ccc21. The second-order valence-electron chi connectivity index (χ2n) is 5.52. The van der Waals surface area contributed by atoms with E-state index >= 15 is 0 Å². The van der Waals surface area contributed by atoms with Crippen molar-refractivity contribution >= 4 is 0 Å². The molecule has 0 spiro atoms. The molecule has 1 aromatic carbocycles. The van der Waals surface area contributed by atoms with Crippen molar-refractivity contribution in [2.24, 2.45) is 0 Å². The van der Waals surface area contributed by atoms with E-state index in [-0.39, 0.29) is 5.60 Å². The summed E-state index contributed by atoms with van der Waals surface area (Å²) in [5.41, 5.74) is 1.16. The number of ether oxygens (including phenoxy) is 2. The van der Waals surface area contributed by atoms with Crippen LogP contribution in [0, 0.1) is 0 Å². The Hall–Kier alpha value is -1.22. The van der Waals surface area contributed by atoms with Crippen LogP contribution in [0.15, 0.2) is 18.2 Å². The minimum absolute atomic E-state index is 0.0925. The molecule has 0 saturated heterocycles. The van der Waals surface area contributed by atoms with Gasteiger partial charge in [-0.3, -0.25) is 0 Å². The van der Waals surface area contributed by atoms with Crippen LogP contribution in [-0.4, -0.2) is 19.3 Å². The molecule has 1 aromatic rings. The Morgan fingerprint density at radius 2 is 2.21 bits per heavy atom. The van der Waals surface area contributed by atoms with Gasteiger partial charge < -0.3 is 14.8 Å². The fourth-order valence-corrected chi connectivity index (χ4v) is 2.58. The number of fused-ring (bicyclic) bond motifs is 1. The monoisotopic (exact) mass is 263 g/mol. The lowest BCUT2D eigenvalue weighted by molar-refractivity contribution is 0.0440. The summed E-state index contributed by atoms with van der Waals surface area (Å²) >= 11 is 0. The average molecular weight is 263 g/mol. The van der Waals surface area contributed by atoms with E-state index in [2.05, 4.69) is 32.2 Å². The van der Waals surface area contributed by atoms with E-state index in [9.17, 15) is 0 Å². The van der Waals surface area contributed by atoms with Crippen LogP contribution >= 0.6 is 0 Å². The van der Waals surface area contributed by atoms with Gasteiger partial charge in [-0.1, -0.05) is 19.9 Å². The van der Waals surface area contributed by atoms with Gasteiger partial charge in [-0.05, 0) is 32.4 Å². The van der Waals surface area contributed by atoms with E-state index < -0.39 is 0 Å². The van der Waals surface area contributed by atoms with E-state index in [1.54, 1.807) is 7.11 Å². The molecule has 1 heterocycles. The maximum atomic E-state index is 6.20. The molecular weight excluding hydrogens is 238 g/mol. The van der Waals surface area contributed by atoms with Crippen molar-refractivity contribution in [2.75, 3.05) is 13.7 Å². The maximum absolute atomic E-state index is 6.20. The van der Waals surface area contributed by atoms with Crippen molar-refractivity contribution < 1.29 is 9.47 Å². The summed E-state index contributed by atoms with van der Waals surface area (Å²) in [5, 5.41) is 3.63. The zero-order valence-electron chi connectivity index (χ0n) is 12.5. The van der Waals surface area contributed by atoms with E-state index in [0.717, 1.165) is 37.3 Å². The third kappa shape index (κ3) is 3.03. The molecule has 0 bridgehead atoms. The Morgan fingerprint density at radius 3 is 2.84 bits per heavy atom. The predicted octanol–water partition coefficient (Wildman–Crippen LogP) is 3.69. The molecule has 106 valence electrons. The second-order valence-corrected chi connectivity index (χ2v) is 5.52. The lowest BCUT2D eigenvalue weighted by Gasteiger charge is -2.40. The zero-order valence-corrected chi connectivity index (χ0v) is 12.5. The predicted molar refractivity (Wildman–Crippen MR) is 78.0 cm³/mol. The minimum atomic E-state index is -0.0925. The summed E-state index contributed by atoms with van der Waals surface area (Å²) in [6, 6.07) is 6.51. The van der Waals surface area contributed by atoms with Crippen LogP contribution in [-0.2, 0) is 0 Å². The van der Waals surface area contributed by atoms with Crippen LogP contribution in [0.2, 0.25) is 0 Å². The van der Waals surface area contributed by atoms with Gasteiger partial charge in [0.15, 0.2) is 0 Å². The molecule has 0 aliphatic carbocycles. The Kier molecular flexibility index (Phi) is 4.35. The summed E-state index contributed by atoms with van der Waals surface area (Å²) in [7, 11) is 1.69. The number of benzene rings is 1. The van der Waals surface area contributed by atoms with Gasteiger partial charge in [-0.15, -0.1) is 0 Å². The molecule has 3 nitrogen and oxygen atoms in total. The number of nitrogens with one attached hydrogen (secondary N) is 1. The van der Waals surface area contributed by atoms with Gasteiger partial charge in [0.25, 0.3) is 0 Å². The molecule has 0 aromatic heterocycles. The van der Waals surface area contributed by atoms with Crippen LogP contribution in [0.4, 0.5) is 0 Å². The van der Waals surface area contributed by atoms with E-state index in [4.69, 9.17) is 9.47 Å². The Balaban J connectivity index is 2.32. The van der Waals surface area contributed by atoms with Gasteiger partial charge in [0.2, 0.25) is 0 Å². The van der Waals surface area contributed by atoms with E-state index in [1.807, 2.05) is 12.1 Å². The van der Waals surface area contributed by atoms with Gasteiger partial charge in [0, 0.05) is 24.1 Å². The fraction of sp³-hybridized carbons (Fsp3) is 0.625. The van der Waals surface area contributed by atoms with Crippen molar-refractivity contribution in [1.82, 2.24) is 5.32 Å². The first-order chi connectivity index (χ1) is 9.11. The average Bonchev–Trinajstić information content (AvgIpc) is 2.43. The lowest BCUT2D eigenvalue weighted by atomic mass is 9.86. The highest BCUT2D eigenvalue weighted by molar-refractivity contribution is 5.44. The Bertz CT molecular complexity index is 433. The molecule has 0 amide bonds. The molecule has 1 aliphatic heterocycles. The van der Waals surface area contributed by atoms with Crippen molar-refractivity contribution in [1.29, 1.82) is 0 Å². The first-order valence-electron chi connectivity index (χ1n) is 7.22. The molecule has 1 N–H and O–H groups in total. The third-order valence-corrected chi connectivity index (χ3v) is 3.98. The van der Waals surface area contributed by atoms with Crippen molar-refractivity contribution in [3.8, 4) is 11.5 Å². The van der Waals surface area contributed by atoms with Gasteiger partial charge in [0.05, 0.1) is 7.11 Å². The van der Waals surface area contributed by atoms with Gasteiger partial charge in [0.1, 0.15) is 17.1 Å². The van der Waals surface area contributed by atoms with Crippen LogP contribution in [0.3, 0.4) is 0 Å². The van der Waals surface area contributed by atoms with Gasteiger partial charge >= 0.3 is 0 Å². The first-order valence-corrected chi connectivity index (χ1v) is 7.22. The zero-order chi connectivity index (χ0) is 13.9. The van der Waals surface area contributed by atoms with Crippen LogP contribution < -0.4 is 14.8 Å². The highest BCUT2D eigenvalue weighted by Crippen LogP contribution is 2.42. The molecule has 1 aliphatic rings. The molecule has 2 atom stereocenters. The van der Waals surface area contributed by atoms with E-state index in [0.29, 0.717) is 6.04 Å². The molecular formula is C16H25NO2. The van der Waals surface area contributed by atoms with Crippen molar-refractivity contribution in [3.05, 3.63) is 23.8 Å². The molecule has 0 radical (unpaired) electrons. The smallest absolute Gasteiger partial charge is 0.128 e. The number of hydrogen-bond acceptors (Lipinski definition) is 3. The minimum Gasteiger partial charge on any atom is -0.497 e. The number of methoxy groups -OCH3 is 1. The van der Waals surface area contributed by atoms with E-state index in [1.165, 1.54) is 5.56 Å². The highest BCUT2D eigenvalue weighted by Gasteiger charge is 2.35. The maximum Gasteiger partial charge on any atom is 0.128 e. The summed E-state index contributed by atoms with van der Waals surface area (Å²) in [6.45, 7) is 7.61. The quantitative estimate of drug-likeness (QED) is 0.879. The molecule has 0 fully saturated rings. The van der Waals surface area contributed by atoms with Crippen LogP contribution in [0.25, 0.3) is 0 Å². The third-order valence-electron chi connectivity index (χ3n) is 3.98. The topological polar surface area (TPSA) is 30.5 Å². The largest absolute Gasteiger partial charge is 0.497 e. The van der Waals surface area contributed by atoms with Crippen molar-refractivity contribution in [2.45, 2.75) is 51.7 Å². The summed E-state index contributed by atoms with van der Waals surface area (Å²) in [4.78, 5) is 0. The molecule has 2 unspecified atom stereocenters. The molecule has 19 heavy (non-hydrogen) atoms. The molecule has 2 rings (SSSR count). The normalized spacial score (nSPS) is 25.6. The van der Waals surface area contributed by atoms with Crippen LogP contribution in [0.5, 0.6) is 11.5 Å². The Labute approximate surface area is 116 Å². The summed E-state index contributed by atoms with van der Waals surface area (Å²) in [5.74, 6) is 1.82. The first kappa shape index (κ1) is 14.2. The van der Waals surface area contributed by atoms with Crippen molar-refractivity contribution in [3.63, 3.8) is 0 Å². The number of rotatable bonds is 5. The highest BCUT2D eigenvalue weighted by atomic mass is 16.5. The molecule has 3 heteroatoms. The summed E-state index contributed by atoms with van der Waals surface area (Å²) < 4.78 is 11.5. The van der Waals surface area contributed by atoms with Gasteiger partial charge in [-0.2, -0.15) is 0 Å².